The van der Waals surface area contributed by atoms with Crippen LogP contribution in [0.4, 0.5) is 0 Å². The highest BCUT2D eigenvalue weighted by Gasteiger charge is 2.35. The van der Waals surface area contributed by atoms with Crippen molar-refractivity contribution >= 4 is 0 Å². The number of rotatable bonds is 6. The van der Waals surface area contributed by atoms with E-state index in [0.29, 0.717) is 17.9 Å². The fourth-order valence-electron chi connectivity index (χ4n) is 3.15. The molecule has 0 amide bonds. The maximum Gasteiger partial charge on any atom is 0.0309 e. The van der Waals surface area contributed by atoms with Crippen molar-refractivity contribution in [2.75, 3.05) is 0 Å². The van der Waals surface area contributed by atoms with Crippen LogP contribution in [0, 0.1) is 11.8 Å². The van der Waals surface area contributed by atoms with Crippen molar-refractivity contribution in [2.24, 2.45) is 17.7 Å². The molecule has 1 aromatic carbocycles. The number of hydrogen-bond acceptors (Lipinski definition) is 2. The lowest BCUT2D eigenvalue weighted by molar-refractivity contribution is 0.178. The number of benzene rings is 1. The van der Waals surface area contributed by atoms with E-state index in [9.17, 15) is 0 Å². The summed E-state index contributed by atoms with van der Waals surface area (Å²) in [5.41, 5.74) is 4.55. The lowest BCUT2D eigenvalue weighted by atomic mass is 9.69. The molecule has 1 fully saturated rings. The molecule has 18 heavy (non-hydrogen) atoms. The van der Waals surface area contributed by atoms with Gasteiger partial charge in [0.1, 0.15) is 0 Å². The number of nitrogens with one attached hydrogen (secondary N) is 1. The Bertz CT molecular complexity index is 345. The van der Waals surface area contributed by atoms with E-state index in [-0.39, 0.29) is 0 Å². The van der Waals surface area contributed by atoms with Crippen molar-refractivity contribution in [1.82, 2.24) is 5.43 Å². The van der Waals surface area contributed by atoms with Gasteiger partial charge < -0.3 is 0 Å². The smallest absolute Gasteiger partial charge is 0.0309 e. The van der Waals surface area contributed by atoms with Gasteiger partial charge in [-0.15, -0.1) is 0 Å². The Kier molecular flexibility index (Phi) is 4.79. The quantitative estimate of drug-likeness (QED) is 0.596. The molecule has 0 aromatic heterocycles. The van der Waals surface area contributed by atoms with Crippen molar-refractivity contribution in [3.8, 4) is 0 Å². The van der Waals surface area contributed by atoms with Crippen LogP contribution in [0.5, 0.6) is 0 Å². The van der Waals surface area contributed by atoms with Gasteiger partial charge in [-0.05, 0) is 30.2 Å². The van der Waals surface area contributed by atoms with Crippen LogP contribution in [0.3, 0.4) is 0 Å². The summed E-state index contributed by atoms with van der Waals surface area (Å²) in [5.74, 6) is 7.82. The molecule has 0 heterocycles. The zero-order valence-electron chi connectivity index (χ0n) is 11.6. The molecule has 0 spiro atoms. The Hall–Kier alpha value is -0.860. The molecular formula is C16H26N2. The molecule has 2 rings (SSSR count). The second-order valence-corrected chi connectivity index (χ2v) is 5.71. The number of hydrazine groups is 1. The molecular weight excluding hydrogens is 220 g/mol. The zero-order valence-corrected chi connectivity index (χ0v) is 11.6. The van der Waals surface area contributed by atoms with Crippen LogP contribution in [0.25, 0.3) is 0 Å². The summed E-state index contributed by atoms with van der Waals surface area (Å²) in [6.07, 6.45) is 5.22. The van der Waals surface area contributed by atoms with Crippen LogP contribution in [0.2, 0.25) is 0 Å². The van der Waals surface area contributed by atoms with Gasteiger partial charge in [0.2, 0.25) is 0 Å². The minimum Gasteiger partial charge on any atom is -0.271 e. The summed E-state index contributed by atoms with van der Waals surface area (Å²) < 4.78 is 0. The molecule has 0 radical (unpaired) electrons. The van der Waals surface area contributed by atoms with Crippen LogP contribution in [0.1, 0.15) is 51.0 Å². The minimum absolute atomic E-state index is 0.427. The average molecular weight is 246 g/mol. The van der Waals surface area contributed by atoms with Crippen molar-refractivity contribution < 1.29 is 0 Å². The minimum atomic E-state index is 0.427. The van der Waals surface area contributed by atoms with Gasteiger partial charge in [0.15, 0.2) is 0 Å². The lowest BCUT2D eigenvalue weighted by Gasteiger charge is -2.41. The topological polar surface area (TPSA) is 38.0 Å². The summed E-state index contributed by atoms with van der Waals surface area (Å²) in [7, 11) is 0. The summed E-state index contributed by atoms with van der Waals surface area (Å²) >= 11 is 0. The van der Waals surface area contributed by atoms with E-state index < -0.39 is 0 Å². The lowest BCUT2D eigenvalue weighted by Crippen LogP contribution is -2.48. The normalized spacial score (nSPS) is 21.1. The van der Waals surface area contributed by atoms with Gasteiger partial charge >= 0.3 is 0 Å². The van der Waals surface area contributed by atoms with Crippen LogP contribution >= 0.6 is 0 Å². The van der Waals surface area contributed by atoms with Crippen molar-refractivity contribution in [1.29, 1.82) is 0 Å². The largest absolute Gasteiger partial charge is 0.271 e. The summed E-state index contributed by atoms with van der Waals surface area (Å²) in [4.78, 5) is 0. The standard InChI is InChI=1S/C16H26N2/c1-3-12(2)15(13-8-5-4-6-9-13)16(18-17)14-10-7-11-14/h4-6,8-9,12,14-16,18H,3,7,10-11,17H2,1-2H3. The summed E-state index contributed by atoms with van der Waals surface area (Å²) in [6, 6.07) is 11.3. The molecule has 0 bridgehead atoms. The Labute approximate surface area is 111 Å². The summed E-state index contributed by atoms with van der Waals surface area (Å²) in [6.45, 7) is 4.62. The van der Waals surface area contributed by atoms with Gasteiger partial charge in [-0.3, -0.25) is 11.3 Å². The molecule has 3 N–H and O–H groups in total. The monoisotopic (exact) mass is 246 g/mol. The highest BCUT2D eigenvalue weighted by molar-refractivity contribution is 5.22. The predicted octanol–water partition coefficient (Wildman–Crippen LogP) is 3.45. The Morgan fingerprint density at radius 1 is 1.28 bits per heavy atom. The maximum atomic E-state index is 5.86. The molecule has 0 aliphatic heterocycles. The molecule has 1 aliphatic carbocycles. The van der Waals surface area contributed by atoms with E-state index in [1.807, 2.05) is 0 Å². The van der Waals surface area contributed by atoms with Crippen molar-refractivity contribution in [3.63, 3.8) is 0 Å². The van der Waals surface area contributed by atoms with E-state index >= 15 is 0 Å². The van der Waals surface area contributed by atoms with Crippen LogP contribution in [-0.4, -0.2) is 6.04 Å². The molecule has 1 aromatic rings. The molecule has 2 nitrogen and oxygen atoms in total. The van der Waals surface area contributed by atoms with Crippen LogP contribution in [-0.2, 0) is 0 Å². The molecule has 0 saturated heterocycles. The Morgan fingerprint density at radius 3 is 2.39 bits per heavy atom. The first kappa shape index (κ1) is 13.6. The zero-order chi connectivity index (χ0) is 13.0. The first-order chi connectivity index (χ1) is 8.77. The van der Waals surface area contributed by atoms with E-state index in [1.165, 1.54) is 31.2 Å². The SMILES string of the molecule is CCC(C)C(c1ccccc1)C(NN)C1CCC1. The third kappa shape index (κ3) is 2.76. The Balaban J connectivity index is 2.23. The molecule has 3 unspecified atom stereocenters. The highest BCUT2D eigenvalue weighted by Crippen LogP contribution is 2.40. The first-order valence-electron chi connectivity index (χ1n) is 7.29. The third-order valence-corrected chi connectivity index (χ3v) is 4.68. The van der Waals surface area contributed by atoms with Crippen molar-refractivity contribution in [3.05, 3.63) is 35.9 Å². The average Bonchev–Trinajstić information content (AvgIpc) is 2.36. The third-order valence-electron chi connectivity index (χ3n) is 4.68. The number of nitrogens with two attached hydrogens (primary N) is 1. The fraction of sp³-hybridized carbons (Fsp3) is 0.625. The van der Waals surface area contributed by atoms with Crippen LogP contribution < -0.4 is 11.3 Å². The molecule has 3 atom stereocenters. The molecule has 2 heteroatoms. The van der Waals surface area contributed by atoms with Crippen LogP contribution in [0.15, 0.2) is 30.3 Å². The predicted molar refractivity (Wildman–Crippen MR) is 77.1 cm³/mol. The molecule has 100 valence electrons. The van der Waals surface area contributed by atoms with E-state index in [0.717, 1.165) is 5.92 Å². The van der Waals surface area contributed by atoms with Gasteiger partial charge in [0.05, 0.1) is 0 Å². The fourth-order valence-corrected chi connectivity index (χ4v) is 3.15. The van der Waals surface area contributed by atoms with E-state index in [4.69, 9.17) is 5.84 Å². The van der Waals surface area contributed by atoms with E-state index in [2.05, 4.69) is 49.6 Å². The van der Waals surface area contributed by atoms with Gasteiger partial charge in [-0.1, -0.05) is 57.0 Å². The highest BCUT2D eigenvalue weighted by atomic mass is 15.2. The Morgan fingerprint density at radius 2 is 1.94 bits per heavy atom. The first-order valence-corrected chi connectivity index (χ1v) is 7.29. The number of hydrogen-bond donors (Lipinski definition) is 2. The second kappa shape index (κ2) is 6.35. The molecule has 1 saturated carbocycles. The maximum absolute atomic E-state index is 5.86. The van der Waals surface area contributed by atoms with Crippen molar-refractivity contribution in [2.45, 2.75) is 51.5 Å². The van der Waals surface area contributed by atoms with Gasteiger partial charge in [0.25, 0.3) is 0 Å². The van der Waals surface area contributed by atoms with Gasteiger partial charge in [0, 0.05) is 12.0 Å². The second-order valence-electron chi connectivity index (χ2n) is 5.71. The molecule has 1 aliphatic rings. The van der Waals surface area contributed by atoms with Gasteiger partial charge in [-0.2, -0.15) is 0 Å². The summed E-state index contributed by atoms with van der Waals surface area (Å²) in [5, 5.41) is 0. The van der Waals surface area contributed by atoms with Gasteiger partial charge in [-0.25, -0.2) is 0 Å². The van der Waals surface area contributed by atoms with E-state index in [1.54, 1.807) is 0 Å².